The number of aromatic carboxylic acids is 1. The van der Waals surface area contributed by atoms with Crippen LogP contribution in [0.25, 0.3) is 0 Å². The van der Waals surface area contributed by atoms with E-state index < -0.39 is 5.97 Å². The van der Waals surface area contributed by atoms with Crippen LogP contribution in [0.1, 0.15) is 135 Å². The molecule has 0 aromatic heterocycles. The number of carboxylic acid groups (broad SMARTS) is 1. The fourth-order valence-electron chi connectivity index (χ4n) is 13.7. The van der Waals surface area contributed by atoms with Crippen molar-refractivity contribution in [2.75, 3.05) is 27.2 Å². The van der Waals surface area contributed by atoms with Gasteiger partial charge < -0.3 is 20.6 Å². The van der Waals surface area contributed by atoms with Gasteiger partial charge in [0, 0.05) is 18.6 Å². The van der Waals surface area contributed by atoms with E-state index in [2.05, 4.69) is 90.2 Å². The highest BCUT2D eigenvalue weighted by molar-refractivity contribution is 5.87. The number of carbonyl (C=O) groups excluding carboxylic acids is 1. The molecule has 5 saturated carbocycles. The molecular formula is C41H65N3O3. The van der Waals surface area contributed by atoms with Crippen molar-refractivity contribution in [3.63, 3.8) is 0 Å². The van der Waals surface area contributed by atoms with Crippen LogP contribution in [-0.2, 0) is 0 Å². The standard InChI is InChI=1S/C41H65N3O3/c1-26(2)29-16-21-41(43-36(47)42-24-25-44(8)9)23-22-39(6)31(34(29)41)14-15-33-38(5)19-17-30(27-10-12-28(13-11-27)35(45)46)37(3,4)32(38)18-20-40(33,39)7/h10-13,26,29-34H,14-25H2,1-9H3,(H,45,46)(H2,42,43,47)/t29?,30-,31+,32-,33+,34+,38-,39+,40+,41-/m0/s1. The van der Waals surface area contributed by atoms with E-state index in [0.29, 0.717) is 58.9 Å². The highest BCUT2D eigenvalue weighted by Crippen LogP contribution is 2.77. The Morgan fingerprint density at radius 1 is 0.851 bits per heavy atom. The normalized spacial score (nSPS) is 42.2. The van der Waals surface area contributed by atoms with E-state index in [4.69, 9.17) is 0 Å². The van der Waals surface area contributed by atoms with Crippen LogP contribution < -0.4 is 10.6 Å². The van der Waals surface area contributed by atoms with Gasteiger partial charge in [-0.05, 0) is 159 Å². The number of carbonyl (C=O) groups is 2. The van der Waals surface area contributed by atoms with Crippen LogP contribution in [-0.4, -0.2) is 54.7 Å². The lowest BCUT2D eigenvalue weighted by atomic mass is 9.32. The minimum absolute atomic E-state index is 0.0365. The molecule has 6 nitrogen and oxygen atoms in total. The fraction of sp³-hybridized carbons (Fsp3) is 0.805. The third kappa shape index (κ3) is 5.37. The highest BCUT2D eigenvalue weighted by atomic mass is 16.4. The van der Waals surface area contributed by atoms with Crippen LogP contribution in [0.5, 0.6) is 0 Å². The summed E-state index contributed by atoms with van der Waals surface area (Å²) in [6.07, 6.45) is 12.3. The van der Waals surface area contributed by atoms with Gasteiger partial charge in [0.1, 0.15) is 0 Å². The number of carboxylic acids is 1. The van der Waals surface area contributed by atoms with Crippen molar-refractivity contribution >= 4 is 12.0 Å². The molecule has 0 saturated heterocycles. The molecule has 2 amide bonds. The van der Waals surface area contributed by atoms with E-state index in [1.165, 1.54) is 56.9 Å². The number of fused-ring (bicyclic) bond motifs is 7. The lowest BCUT2D eigenvalue weighted by Crippen LogP contribution is -2.69. The van der Waals surface area contributed by atoms with Crippen molar-refractivity contribution in [2.45, 2.75) is 124 Å². The summed E-state index contributed by atoms with van der Waals surface area (Å²) in [4.78, 5) is 27.1. The molecule has 1 aromatic carbocycles. The number of benzene rings is 1. The van der Waals surface area contributed by atoms with Crippen molar-refractivity contribution < 1.29 is 14.7 Å². The molecule has 10 atom stereocenters. The van der Waals surface area contributed by atoms with Crippen LogP contribution >= 0.6 is 0 Å². The summed E-state index contributed by atoms with van der Waals surface area (Å²) in [6, 6.07) is 7.83. The predicted molar refractivity (Wildman–Crippen MR) is 191 cm³/mol. The van der Waals surface area contributed by atoms with Crippen LogP contribution in [0.4, 0.5) is 4.79 Å². The summed E-state index contributed by atoms with van der Waals surface area (Å²) in [6.45, 7) is 19.5. The zero-order valence-corrected chi connectivity index (χ0v) is 31.0. The zero-order chi connectivity index (χ0) is 34.2. The maximum absolute atomic E-state index is 13.4. The van der Waals surface area contributed by atoms with Gasteiger partial charge in [-0.25, -0.2) is 9.59 Å². The van der Waals surface area contributed by atoms with Gasteiger partial charge in [-0.15, -0.1) is 0 Å². The Bertz CT molecular complexity index is 1340. The molecule has 0 spiro atoms. The molecule has 0 radical (unpaired) electrons. The third-order valence-electron chi connectivity index (χ3n) is 16.1. The minimum atomic E-state index is -0.848. The van der Waals surface area contributed by atoms with Gasteiger partial charge in [0.25, 0.3) is 0 Å². The van der Waals surface area contributed by atoms with Crippen molar-refractivity contribution in [1.82, 2.24) is 15.5 Å². The van der Waals surface area contributed by atoms with Gasteiger partial charge >= 0.3 is 12.0 Å². The molecule has 0 bridgehead atoms. The molecule has 5 aliphatic rings. The largest absolute Gasteiger partial charge is 0.478 e. The van der Waals surface area contributed by atoms with Crippen LogP contribution in [0, 0.1) is 57.2 Å². The van der Waals surface area contributed by atoms with Crippen LogP contribution in [0.15, 0.2) is 24.3 Å². The monoisotopic (exact) mass is 648 g/mol. The number of hydrogen-bond acceptors (Lipinski definition) is 3. The quantitative estimate of drug-likeness (QED) is 0.276. The Labute approximate surface area is 285 Å². The first kappa shape index (κ1) is 34.8. The van der Waals surface area contributed by atoms with Crippen LogP contribution in [0.3, 0.4) is 0 Å². The van der Waals surface area contributed by atoms with Gasteiger partial charge in [0.2, 0.25) is 0 Å². The van der Waals surface area contributed by atoms with E-state index in [9.17, 15) is 14.7 Å². The second-order valence-corrected chi connectivity index (χ2v) is 18.8. The van der Waals surface area contributed by atoms with Gasteiger partial charge in [-0.2, -0.15) is 0 Å². The van der Waals surface area contributed by atoms with Crippen LogP contribution in [0.2, 0.25) is 0 Å². The molecular weight excluding hydrogens is 582 g/mol. The minimum Gasteiger partial charge on any atom is -0.478 e. The Morgan fingerprint density at radius 2 is 1.55 bits per heavy atom. The third-order valence-corrected chi connectivity index (χ3v) is 16.1. The van der Waals surface area contributed by atoms with Crippen molar-refractivity contribution in [1.29, 1.82) is 0 Å². The van der Waals surface area contributed by atoms with Crippen molar-refractivity contribution in [3.8, 4) is 0 Å². The number of urea groups is 1. The molecule has 262 valence electrons. The number of nitrogens with one attached hydrogen (secondary N) is 2. The number of amides is 2. The molecule has 6 rings (SSSR count). The summed E-state index contributed by atoms with van der Waals surface area (Å²) in [7, 11) is 4.11. The topological polar surface area (TPSA) is 81.7 Å². The summed E-state index contributed by atoms with van der Waals surface area (Å²) >= 11 is 0. The number of rotatable bonds is 7. The number of hydrogen-bond donors (Lipinski definition) is 3. The van der Waals surface area contributed by atoms with Gasteiger partial charge in [0.05, 0.1) is 5.56 Å². The Hall–Kier alpha value is -2.08. The average molecular weight is 648 g/mol. The highest BCUT2D eigenvalue weighted by Gasteiger charge is 2.71. The summed E-state index contributed by atoms with van der Waals surface area (Å²) in [5.74, 6) is 3.44. The van der Waals surface area contributed by atoms with Gasteiger partial charge in [-0.3, -0.25) is 0 Å². The van der Waals surface area contributed by atoms with Crippen molar-refractivity contribution in [3.05, 3.63) is 35.4 Å². The SMILES string of the molecule is CC(C)C1CC[C@]2(NC(=O)NCCN(C)C)CC[C@]3(C)[C@H](CC[C@@H]4[C@@]5(C)CC[C@@H](c6ccc(C(=O)O)cc6)C(C)(C)[C@@H]5CC[C@]43C)[C@@H]12. The Morgan fingerprint density at radius 3 is 2.19 bits per heavy atom. The van der Waals surface area contributed by atoms with E-state index in [0.717, 1.165) is 19.4 Å². The summed E-state index contributed by atoms with van der Waals surface area (Å²) < 4.78 is 0. The molecule has 47 heavy (non-hydrogen) atoms. The number of nitrogens with zero attached hydrogens (tertiary/aromatic N) is 1. The molecule has 1 unspecified atom stereocenters. The summed E-state index contributed by atoms with van der Waals surface area (Å²) in [5, 5.41) is 16.4. The lowest BCUT2D eigenvalue weighted by Gasteiger charge is -2.73. The van der Waals surface area contributed by atoms with E-state index in [1.807, 2.05) is 0 Å². The maximum atomic E-state index is 13.4. The summed E-state index contributed by atoms with van der Waals surface area (Å²) in [5.41, 5.74) is 2.62. The lowest BCUT2D eigenvalue weighted by molar-refractivity contribution is -0.234. The van der Waals surface area contributed by atoms with Gasteiger partial charge in [0.15, 0.2) is 0 Å². The second-order valence-electron chi connectivity index (χ2n) is 18.8. The smallest absolute Gasteiger partial charge is 0.335 e. The molecule has 0 aliphatic heterocycles. The Kier molecular flexibility index (Phi) is 8.92. The first-order valence-corrected chi connectivity index (χ1v) is 19.0. The molecule has 5 fully saturated rings. The predicted octanol–water partition coefficient (Wildman–Crippen LogP) is 8.82. The average Bonchev–Trinajstić information content (AvgIpc) is 3.36. The first-order chi connectivity index (χ1) is 22.0. The van der Waals surface area contributed by atoms with E-state index in [-0.39, 0.29) is 27.8 Å². The zero-order valence-electron chi connectivity index (χ0n) is 31.0. The van der Waals surface area contributed by atoms with Gasteiger partial charge in [-0.1, -0.05) is 60.6 Å². The second kappa shape index (κ2) is 12.1. The fourth-order valence-corrected chi connectivity index (χ4v) is 13.7. The molecule has 6 heteroatoms. The molecule has 0 heterocycles. The number of likely N-dealkylation sites (N-methyl/N-ethyl adjacent to an activating group) is 1. The molecule has 5 aliphatic carbocycles. The molecule has 3 N–H and O–H groups in total. The Balaban J connectivity index is 1.27. The molecule has 1 aromatic rings. The first-order valence-electron chi connectivity index (χ1n) is 19.0. The van der Waals surface area contributed by atoms with E-state index >= 15 is 0 Å². The van der Waals surface area contributed by atoms with Crippen molar-refractivity contribution in [2.24, 2.45) is 57.2 Å². The van der Waals surface area contributed by atoms with E-state index in [1.54, 1.807) is 12.1 Å². The maximum Gasteiger partial charge on any atom is 0.335 e.